The lowest BCUT2D eigenvalue weighted by Gasteiger charge is -2.32. The first-order chi connectivity index (χ1) is 9.70. The van der Waals surface area contributed by atoms with Crippen LogP contribution in [0, 0.1) is 17.6 Å². The molecule has 3 rings (SSSR count). The summed E-state index contributed by atoms with van der Waals surface area (Å²) >= 11 is 3.25. The Labute approximate surface area is 127 Å². The van der Waals surface area contributed by atoms with Gasteiger partial charge in [-0.1, -0.05) is 28.8 Å². The average Bonchev–Trinajstić information content (AvgIpc) is 3.07. The molecule has 0 spiro atoms. The molecule has 110 valence electrons. The summed E-state index contributed by atoms with van der Waals surface area (Å²) in [4.78, 5) is 2.00. The van der Waals surface area contributed by atoms with Crippen molar-refractivity contribution in [3.05, 3.63) is 29.3 Å². The number of benzene rings is 1. The van der Waals surface area contributed by atoms with Crippen LogP contribution in [0.2, 0.25) is 0 Å². The van der Waals surface area contributed by atoms with Gasteiger partial charge in [-0.05, 0) is 49.3 Å². The number of rotatable bonds is 3. The van der Waals surface area contributed by atoms with E-state index in [0.29, 0.717) is 22.9 Å². The SMILES string of the molecule is Fc1cc(CBr)cc(F)c1N1CCCC1C1CCCC1. The molecule has 1 nitrogen and oxygen atoms in total. The van der Waals surface area contributed by atoms with E-state index in [1.165, 1.54) is 37.8 Å². The fourth-order valence-electron chi connectivity index (χ4n) is 3.87. The molecular formula is C16H20BrF2N. The zero-order valence-electron chi connectivity index (χ0n) is 11.5. The van der Waals surface area contributed by atoms with Crippen LogP contribution in [0.4, 0.5) is 14.5 Å². The van der Waals surface area contributed by atoms with Crippen LogP contribution >= 0.6 is 15.9 Å². The van der Waals surface area contributed by atoms with Gasteiger partial charge in [-0.3, -0.25) is 0 Å². The molecule has 0 bridgehead atoms. The molecular weight excluding hydrogens is 324 g/mol. The van der Waals surface area contributed by atoms with Crippen LogP contribution in [0.15, 0.2) is 12.1 Å². The molecule has 1 aliphatic carbocycles. The van der Waals surface area contributed by atoms with Crippen molar-refractivity contribution in [3.63, 3.8) is 0 Å². The van der Waals surface area contributed by atoms with Crippen molar-refractivity contribution < 1.29 is 8.78 Å². The summed E-state index contributed by atoms with van der Waals surface area (Å²) in [6.07, 6.45) is 7.07. The Kier molecular flexibility index (Phi) is 4.29. The molecule has 1 heterocycles. The Bertz CT molecular complexity index is 462. The number of hydrogen-bond acceptors (Lipinski definition) is 1. The van der Waals surface area contributed by atoms with Crippen molar-refractivity contribution in [2.24, 2.45) is 5.92 Å². The summed E-state index contributed by atoms with van der Waals surface area (Å²) in [6, 6.07) is 3.24. The zero-order chi connectivity index (χ0) is 14.1. The van der Waals surface area contributed by atoms with E-state index in [0.717, 1.165) is 19.4 Å². The van der Waals surface area contributed by atoms with Gasteiger partial charge in [-0.25, -0.2) is 8.78 Å². The highest BCUT2D eigenvalue weighted by Crippen LogP contribution is 2.39. The van der Waals surface area contributed by atoms with E-state index in [1.807, 2.05) is 4.90 Å². The molecule has 4 heteroatoms. The highest BCUT2D eigenvalue weighted by molar-refractivity contribution is 9.08. The third-order valence-corrected chi connectivity index (χ3v) is 5.41. The smallest absolute Gasteiger partial charge is 0.149 e. The molecule has 20 heavy (non-hydrogen) atoms. The molecule has 2 fully saturated rings. The maximum Gasteiger partial charge on any atom is 0.149 e. The third-order valence-electron chi connectivity index (χ3n) is 4.76. The summed E-state index contributed by atoms with van der Waals surface area (Å²) in [5.74, 6) is -0.208. The third kappa shape index (κ3) is 2.59. The van der Waals surface area contributed by atoms with Crippen molar-refractivity contribution >= 4 is 21.6 Å². The number of anilines is 1. The fraction of sp³-hybridized carbons (Fsp3) is 0.625. The van der Waals surface area contributed by atoms with Crippen LogP contribution in [-0.2, 0) is 5.33 Å². The lowest BCUT2D eigenvalue weighted by atomic mass is 9.95. The van der Waals surface area contributed by atoms with Gasteiger partial charge in [0.05, 0.1) is 0 Å². The Balaban J connectivity index is 1.91. The van der Waals surface area contributed by atoms with Crippen LogP contribution in [0.25, 0.3) is 0 Å². The summed E-state index contributed by atoms with van der Waals surface area (Å²) in [7, 11) is 0. The van der Waals surface area contributed by atoms with E-state index in [-0.39, 0.29) is 5.69 Å². The first-order valence-electron chi connectivity index (χ1n) is 7.51. The number of hydrogen-bond donors (Lipinski definition) is 0. The molecule has 1 aromatic carbocycles. The van der Waals surface area contributed by atoms with Crippen molar-refractivity contribution in [1.82, 2.24) is 0 Å². The predicted molar refractivity (Wildman–Crippen MR) is 81.3 cm³/mol. The summed E-state index contributed by atoms with van der Waals surface area (Å²) in [5, 5.41) is 0.479. The van der Waals surface area contributed by atoms with Crippen LogP contribution < -0.4 is 4.90 Å². The second-order valence-electron chi connectivity index (χ2n) is 5.99. The molecule has 0 radical (unpaired) electrons. The minimum atomic E-state index is -0.413. The molecule has 1 saturated carbocycles. The van der Waals surface area contributed by atoms with E-state index in [9.17, 15) is 8.78 Å². The monoisotopic (exact) mass is 343 g/mol. The number of nitrogens with zero attached hydrogens (tertiary/aromatic N) is 1. The summed E-state index contributed by atoms with van der Waals surface area (Å²) in [5.41, 5.74) is 0.851. The van der Waals surface area contributed by atoms with Gasteiger partial charge < -0.3 is 4.90 Å². The standard InChI is InChI=1S/C16H20BrF2N/c17-10-11-8-13(18)16(14(19)9-11)20-7-3-6-15(20)12-4-1-2-5-12/h8-9,12,15H,1-7,10H2. The second kappa shape index (κ2) is 6.00. The van der Waals surface area contributed by atoms with Crippen molar-refractivity contribution in [2.45, 2.75) is 49.9 Å². The topological polar surface area (TPSA) is 3.24 Å². The molecule has 0 aromatic heterocycles. The number of halogens is 3. The van der Waals surface area contributed by atoms with E-state index < -0.39 is 11.6 Å². The van der Waals surface area contributed by atoms with Gasteiger partial charge in [0.1, 0.15) is 17.3 Å². The van der Waals surface area contributed by atoms with Gasteiger partial charge in [-0.15, -0.1) is 0 Å². The van der Waals surface area contributed by atoms with Gasteiger partial charge >= 0.3 is 0 Å². The van der Waals surface area contributed by atoms with Crippen LogP contribution in [0.1, 0.15) is 44.1 Å². The quantitative estimate of drug-likeness (QED) is 0.696. The van der Waals surface area contributed by atoms with Crippen LogP contribution in [0.5, 0.6) is 0 Å². The van der Waals surface area contributed by atoms with E-state index in [1.54, 1.807) is 0 Å². The molecule has 0 N–H and O–H groups in total. The van der Waals surface area contributed by atoms with Crippen molar-refractivity contribution in [2.75, 3.05) is 11.4 Å². The lowest BCUT2D eigenvalue weighted by Crippen LogP contribution is -2.35. The minimum absolute atomic E-state index is 0.198. The van der Waals surface area contributed by atoms with Gasteiger partial charge in [0.25, 0.3) is 0 Å². The Morgan fingerprint density at radius 1 is 1.05 bits per heavy atom. The molecule has 0 amide bonds. The molecule has 2 aliphatic rings. The van der Waals surface area contributed by atoms with Crippen LogP contribution in [0.3, 0.4) is 0 Å². The zero-order valence-corrected chi connectivity index (χ0v) is 13.1. The average molecular weight is 344 g/mol. The molecule has 1 aliphatic heterocycles. The maximum absolute atomic E-state index is 14.3. The van der Waals surface area contributed by atoms with E-state index in [2.05, 4.69) is 15.9 Å². The normalized spacial score (nSPS) is 23.8. The summed E-state index contributed by atoms with van der Waals surface area (Å²) < 4.78 is 28.6. The Morgan fingerprint density at radius 2 is 1.70 bits per heavy atom. The largest absolute Gasteiger partial charge is 0.364 e. The molecule has 1 unspecified atom stereocenters. The highest BCUT2D eigenvalue weighted by Gasteiger charge is 2.35. The minimum Gasteiger partial charge on any atom is -0.364 e. The first kappa shape index (κ1) is 14.3. The predicted octanol–water partition coefficient (Wildman–Crippen LogP) is 5.02. The number of alkyl halides is 1. The first-order valence-corrected chi connectivity index (χ1v) is 8.63. The maximum atomic E-state index is 14.3. The van der Waals surface area contributed by atoms with Crippen LogP contribution in [-0.4, -0.2) is 12.6 Å². The van der Waals surface area contributed by atoms with Crippen molar-refractivity contribution in [1.29, 1.82) is 0 Å². The van der Waals surface area contributed by atoms with Gasteiger partial charge in [0.15, 0.2) is 0 Å². The van der Waals surface area contributed by atoms with Gasteiger partial charge in [0, 0.05) is 17.9 Å². The van der Waals surface area contributed by atoms with Crippen molar-refractivity contribution in [3.8, 4) is 0 Å². The molecule has 1 saturated heterocycles. The summed E-state index contributed by atoms with van der Waals surface area (Å²) in [6.45, 7) is 0.780. The molecule has 1 atom stereocenters. The second-order valence-corrected chi connectivity index (χ2v) is 6.55. The molecule has 1 aromatic rings. The Morgan fingerprint density at radius 3 is 2.30 bits per heavy atom. The van der Waals surface area contributed by atoms with E-state index in [4.69, 9.17) is 0 Å². The van der Waals surface area contributed by atoms with E-state index >= 15 is 0 Å². The van der Waals surface area contributed by atoms with Gasteiger partial charge in [-0.2, -0.15) is 0 Å². The lowest BCUT2D eigenvalue weighted by molar-refractivity contribution is 0.423. The fourth-order valence-corrected chi connectivity index (χ4v) is 4.20. The Hall–Kier alpha value is -0.640. The highest BCUT2D eigenvalue weighted by atomic mass is 79.9. The van der Waals surface area contributed by atoms with Gasteiger partial charge in [0.2, 0.25) is 0 Å².